The molecule has 0 aliphatic rings. The average Bonchev–Trinajstić information content (AvgIpc) is 4.04. The molecular formula is C64H75N4O5P. The molecule has 10 heteroatoms. The first-order chi connectivity index (χ1) is 36.5. The summed E-state index contributed by atoms with van der Waals surface area (Å²) in [5.41, 5.74) is 10.1. The Hall–Kier alpha value is -6.51. The maximum Gasteiger partial charge on any atom is 0.319 e. The summed E-state index contributed by atoms with van der Waals surface area (Å²) in [4.78, 5) is 10.4. The summed E-state index contributed by atoms with van der Waals surface area (Å²) in [6.45, 7) is 8.58. The fourth-order valence-corrected chi connectivity index (χ4v) is 10.9. The monoisotopic (exact) mass is 1010 g/mol. The predicted molar refractivity (Wildman–Crippen MR) is 304 cm³/mol. The van der Waals surface area contributed by atoms with E-state index in [1.165, 1.54) is 0 Å². The van der Waals surface area contributed by atoms with E-state index < -0.39 is 8.25 Å². The molecule has 0 fully saturated rings. The molecule has 9 nitrogen and oxygen atoms in total. The van der Waals surface area contributed by atoms with Crippen LogP contribution in [0.3, 0.4) is 0 Å². The van der Waals surface area contributed by atoms with Crippen molar-refractivity contribution in [2.45, 2.75) is 142 Å². The highest BCUT2D eigenvalue weighted by molar-refractivity contribution is 7.33. The van der Waals surface area contributed by atoms with Crippen molar-refractivity contribution in [2.75, 3.05) is 0 Å². The summed E-state index contributed by atoms with van der Waals surface area (Å²) >= 11 is 0. The van der Waals surface area contributed by atoms with Crippen molar-refractivity contribution in [3.05, 3.63) is 182 Å². The van der Waals surface area contributed by atoms with Crippen molar-refractivity contribution < 1.29 is 23.1 Å². The average molecular weight is 1010 g/mol. The van der Waals surface area contributed by atoms with Crippen LogP contribution in [0, 0.1) is 0 Å². The molecule has 4 atom stereocenters. The molecule has 0 bridgehead atoms. The zero-order chi connectivity index (χ0) is 51.3. The van der Waals surface area contributed by atoms with Crippen LogP contribution in [-0.2, 0) is 13.6 Å². The largest absolute Gasteiger partial charge is 0.461 e. The van der Waals surface area contributed by atoms with Gasteiger partial charge in [0.1, 0.15) is 23.6 Å². The van der Waals surface area contributed by atoms with Crippen LogP contribution < -0.4 is 9.47 Å². The molecule has 0 aliphatic carbocycles. The standard InChI is InChI=1S/C64H75N4O5P/c1-5-55(70-63-65-59(49-33-17-9-18-34-49)61(51-37-21-11-22-38-51)67(63)53-41-25-13-26-42-53)45-29-15-31-47-57(7-3)72-74(69)73-58(8-4)48-32-16-30-46-56(6-2)71-64-66-60(50-35-19-10-20-36-50)62(52-39-23-12-24-40-52)68(64)54-43-27-14-28-44-54/h9-14,17-28,33-44,55-58,74H,5-8,15-16,29-32,45-48H2,1-4H3. The number of hydrogen-bond acceptors (Lipinski definition) is 7. The van der Waals surface area contributed by atoms with Gasteiger partial charge in [0, 0.05) is 22.3 Å². The Morgan fingerprint density at radius 1 is 0.378 bits per heavy atom. The summed E-state index contributed by atoms with van der Waals surface area (Å²) < 4.78 is 43.6. The second-order valence-electron chi connectivity index (χ2n) is 19.1. The van der Waals surface area contributed by atoms with Crippen molar-refractivity contribution in [2.24, 2.45) is 0 Å². The van der Waals surface area contributed by atoms with Gasteiger partial charge in [-0.05, 0) is 88.5 Å². The molecule has 4 unspecified atom stereocenters. The van der Waals surface area contributed by atoms with Crippen LogP contribution in [0.25, 0.3) is 56.4 Å². The third kappa shape index (κ3) is 14.4. The van der Waals surface area contributed by atoms with Gasteiger partial charge >= 0.3 is 20.3 Å². The number of unbranched alkanes of at least 4 members (excludes halogenated alkanes) is 4. The van der Waals surface area contributed by atoms with Crippen LogP contribution in [0.5, 0.6) is 12.0 Å². The summed E-state index contributed by atoms with van der Waals surface area (Å²) in [7, 11) is -2.64. The lowest BCUT2D eigenvalue weighted by Crippen LogP contribution is -2.18. The van der Waals surface area contributed by atoms with Gasteiger partial charge in [-0.2, -0.15) is 9.97 Å². The molecule has 0 amide bonds. The highest BCUT2D eigenvalue weighted by atomic mass is 31.1. The SMILES string of the molecule is CCC(CCCCCC(CC)O[PH](=O)OC(CC)CCCCCC(CC)Oc1nc(-c2ccccc2)c(-c2ccccc2)n1-c1ccccc1)Oc1nc(-c2ccccc2)c(-c2ccccc2)n1-c1ccccc1. The van der Waals surface area contributed by atoms with E-state index in [1.807, 2.05) is 36.4 Å². The van der Waals surface area contributed by atoms with Gasteiger partial charge in [0.05, 0.1) is 35.0 Å². The fraction of sp³-hybridized carbons (Fsp3) is 0.344. The smallest absolute Gasteiger partial charge is 0.319 e. The molecule has 2 aromatic heterocycles. The van der Waals surface area contributed by atoms with Gasteiger partial charge in [-0.1, -0.05) is 211 Å². The second kappa shape index (κ2) is 28.2. The Bertz CT molecular complexity index is 2680. The number of rotatable bonds is 30. The van der Waals surface area contributed by atoms with Crippen molar-refractivity contribution in [3.8, 4) is 68.4 Å². The third-order valence-electron chi connectivity index (χ3n) is 13.9. The zero-order valence-corrected chi connectivity index (χ0v) is 44.9. The molecule has 0 saturated carbocycles. The van der Waals surface area contributed by atoms with E-state index in [2.05, 4.69) is 182 Å². The van der Waals surface area contributed by atoms with E-state index in [9.17, 15) is 4.57 Å². The van der Waals surface area contributed by atoms with E-state index in [0.717, 1.165) is 146 Å². The lowest BCUT2D eigenvalue weighted by molar-refractivity contribution is 0.113. The number of para-hydroxylation sites is 2. The minimum atomic E-state index is -2.64. The molecule has 0 saturated heterocycles. The van der Waals surface area contributed by atoms with Crippen LogP contribution in [0.15, 0.2) is 182 Å². The van der Waals surface area contributed by atoms with Crippen LogP contribution in [0.4, 0.5) is 0 Å². The first-order valence-corrected chi connectivity index (χ1v) is 28.5. The topological polar surface area (TPSA) is 89.6 Å². The third-order valence-corrected chi connectivity index (χ3v) is 15.0. The van der Waals surface area contributed by atoms with Crippen LogP contribution in [0.2, 0.25) is 0 Å². The first-order valence-electron chi connectivity index (χ1n) is 27.3. The minimum Gasteiger partial charge on any atom is -0.461 e. The Kier molecular flexibility index (Phi) is 20.5. The van der Waals surface area contributed by atoms with Gasteiger partial charge in [0.25, 0.3) is 0 Å². The maximum atomic E-state index is 13.3. The van der Waals surface area contributed by atoms with Crippen LogP contribution in [-0.4, -0.2) is 43.5 Å². The van der Waals surface area contributed by atoms with Crippen molar-refractivity contribution in [3.63, 3.8) is 0 Å². The number of benzene rings is 6. The zero-order valence-electron chi connectivity index (χ0n) is 43.9. The van der Waals surface area contributed by atoms with Gasteiger partial charge in [0.15, 0.2) is 0 Å². The van der Waals surface area contributed by atoms with Crippen molar-refractivity contribution in [1.82, 2.24) is 19.1 Å². The van der Waals surface area contributed by atoms with Gasteiger partial charge in [-0.3, -0.25) is 13.7 Å². The molecule has 0 radical (unpaired) electrons. The Morgan fingerprint density at radius 2 is 0.662 bits per heavy atom. The number of aromatic nitrogens is 4. The molecule has 2 heterocycles. The highest BCUT2D eigenvalue weighted by Crippen LogP contribution is 2.41. The molecule has 6 aromatic carbocycles. The van der Waals surface area contributed by atoms with Crippen molar-refractivity contribution >= 4 is 8.25 Å². The Labute approximate surface area is 440 Å². The Balaban J connectivity index is 0.796. The number of hydrogen-bond donors (Lipinski definition) is 0. The second-order valence-corrected chi connectivity index (χ2v) is 20.1. The quantitative estimate of drug-likeness (QED) is 0.0327. The summed E-state index contributed by atoms with van der Waals surface area (Å²) in [5, 5.41) is 0. The van der Waals surface area contributed by atoms with Gasteiger partial charge in [-0.25, -0.2) is 0 Å². The van der Waals surface area contributed by atoms with E-state index in [4.69, 9.17) is 28.5 Å². The van der Waals surface area contributed by atoms with Crippen LogP contribution >= 0.6 is 8.25 Å². The van der Waals surface area contributed by atoms with Gasteiger partial charge in [0.2, 0.25) is 0 Å². The number of imidazole rings is 2. The molecule has 0 spiro atoms. The number of ether oxygens (including phenoxy) is 2. The van der Waals surface area contributed by atoms with E-state index in [-0.39, 0.29) is 24.4 Å². The number of nitrogens with zero attached hydrogens (tertiary/aromatic N) is 4. The van der Waals surface area contributed by atoms with Crippen LogP contribution in [0.1, 0.15) is 118 Å². The normalized spacial score (nSPS) is 13.5. The maximum absolute atomic E-state index is 13.3. The predicted octanol–water partition coefficient (Wildman–Crippen LogP) is 17.6. The van der Waals surface area contributed by atoms with E-state index >= 15 is 0 Å². The fourth-order valence-electron chi connectivity index (χ4n) is 9.74. The molecule has 386 valence electrons. The Morgan fingerprint density at radius 3 is 0.973 bits per heavy atom. The van der Waals surface area contributed by atoms with Crippen molar-refractivity contribution in [1.29, 1.82) is 0 Å². The molecular weight excluding hydrogens is 936 g/mol. The lowest BCUT2D eigenvalue weighted by Gasteiger charge is -2.21. The summed E-state index contributed by atoms with van der Waals surface area (Å²) in [6.07, 6.45) is 12.7. The van der Waals surface area contributed by atoms with Gasteiger partial charge in [-0.15, -0.1) is 0 Å². The molecule has 8 aromatic rings. The lowest BCUT2D eigenvalue weighted by atomic mass is 10.0. The minimum absolute atomic E-state index is 0.000258. The highest BCUT2D eigenvalue weighted by Gasteiger charge is 2.26. The molecule has 74 heavy (non-hydrogen) atoms. The molecule has 8 rings (SSSR count). The summed E-state index contributed by atoms with van der Waals surface area (Å²) in [5.74, 6) is 0. The first kappa shape index (κ1) is 53.8. The van der Waals surface area contributed by atoms with E-state index in [0.29, 0.717) is 12.0 Å². The summed E-state index contributed by atoms with van der Waals surface area (Å²) in [6, 6.07) is 63.6. The van der Waals surface area contributed by atoms with E-state index in [1.54, 1.807) is 0 Å². The molecule has 0 N–H and O–H groups in total. The molecule has 0 aliphatic heterocycles. The van der Waals surface area contributed by atoms with Gasteiger partial charge < -0.3 is 18.5 Å².